The van der Waals surface area contributed by atoms with Crippen molar-refractivity contribution in [3.05, 3.63) is 41.5 Å². The summed E-state index contributed by atoms with van der Waals surface area (Å²) < 4.78 is 7.44. The quantitative estimate of drug-likeness (QED) is 0.910. The number of aryl methyl sites for hydroxylation is 1. The first-order valence-electron chi connectivity index (χ1n) is 6.80. The van der Waals surface area contributed by atoms with Crippen molar-refractivity contribution in [2.75, 3.05) is 14.2 Å². The van der Waals surface area contributed by atoms with Crippen LogP contribution in [0.1, 0.15) is 43.0 Å². The summed E-state index contributed by atoms with van der Waals surface area (Å²) >= 11 is 0. The minimum Gasteiger partial charge on any atom is -0.493 e. The van der Waals surface area contributed by atoms with Gasteiger partial charge in [-0.05, 0) is 40.0 Å². The molecule has 2 aromatic rings. The highest BCUT2D eigenvalue weighted by atomic mass is 16.5. The highest BCUT2D eigenvalue weighted by Crippen LogP contribution is 2.30. The Labute approximate surface area is 120 Å². The van der Waals surface area contributed by atoms with Crippen LogP contribution in [0.5, 0.6) is 5.75 Å². The van der Waals surface area contributed by atoms with Crippen LogP contribution < -0.4 is 10.1 Å². The first kappa shape index (κ1) is 14.5. The second-order valence-corrected chi connectivity index (χ2v) is 5.06. The number of hydrogen-bond donors (Lipinski definition) is 1. The van der Waals surface area contributed by atoms with Crippen LogP contribution in [0.2, 0.25) is 0 Å². The van der Waals surface area contributed by atoms with E-state index in [1.54, 1.807) is 13.3 Å². The topological polar surface area (TPSA) is 52.0 Å². The lowest BCUT2D eigenvalue weighted by atomic mass is 10.1. The Balaban J connectivity index is 2.54. The molecule has 20 heavy (non-hydrogen) atoms. The molecule has 0 aromatic carbocycles. The Morgan fingerprint density at radius 1 is 1.30 bits per heavy atom. The van der Waals surface area contributed by atoms with Crippen molar-refractivity contribution in [1.29, 1.82) is 0 Å². The number of hydrogen-bond acceptors (Lipinski definition) is 4. The van der Waals surface area contributed by atoms with Crippen LogP contribution in [0, 0.1) is 6.92 Å². The molecule has 0 spiro atoms. The standard InChI is InChI=1S/C15H22N4O/c1-10(2)19-15(13(20-5)9-17-19)14(16-4)12-8-6-7-11(3)18-12/h6-10,14,16H,1-5H3. The van der Waals surface area contributed by atoms with E-state index in [9.17, 15) is 0 Å². The van der Waals surface area contributed by atoms with Crippen molar-refractivity contribution in [1.82, 2.24) is 20.1 Å². The van der Waals surface area contributed by atoms with Gasteiger partial charge < -0.3 is 10.1 Å². The highest BCUT2D eigenvalue weighted by Gasteiger charge is 2.24. The summed E-state index contributed by atoms with van der Waals surface area (Å²) in [4.78, 5) is 4.62. The van der Waals surface area contributed by atoms with Crippen LogP contribution in [0.4, 0.5) is 0 Å². The molecule has 0 aliphatic heterocycles. The van der Waals surface area contributed by atoms with Crippen LogP contribution in [-0.4, -0.2) is 28.9 Å². The minimum absolute atomic E-state index is 0.0465. The van der Waals surface area contributed by atoms with Gasteiger partial charge in [0.05, 0.1) is 25.0 Å². The maximum Gasteiger partial charge on any atom is 0.162 e. The molecule has 1 N–H and O–H groups in total. The molecule has 0 amide bonds. The van der Waals surface area contributed by atoms with E-state index in [2.05, 4.69) is 29.2 Å². The lowest BCUT2D eigenvalue weighted by molar-refractivity contribution is 0.395. The highest BCUT2D eigenvalue weighted by molar-refractivity contribution is 5.34. The second-order valence-electron chi connectivity index (χ2n) is 5.06. The summed E-state index contributed by atoms with van der Waals surface area (Å²) in [5.74, 6) is 0.779. The van der Waals surface area contributed by atoms with Gasteiger partial charge in [0.25, 0.3) is 0 Å². The molecule has 2 rings (SSSR count). The third-order valence-electron chi connectivity index (χ3n) is 3.28. The third-order valence-corrected chi connectivity index (χ3v) is 3.28. The zero-order chi connectivity index (χ0) is 14.7. The van der Waals surface area contributed by atoms with Gasteiger partial charge in [-0.1, -0.05) is 6.07 Å². The Kier molecular flexibility index (Phi) is 4.39. The lowest BCUT2D eigenvalue weighted by Crippen LogP contribution is -2.24. The number of nitrogens with zero attached hydrogens (tertiary/aromatic N) is 3. The van der Waals surface area contributed by atoms with E-state index in [0.717, 1.165) is 22.8 Å². The fourth-order valence-corrected chi connectivity index (χ4v) is 2.35. The summed E-state index contributed by atoms with van der Waals surface area (Å²) in [6.45, 7) is 6.20. The molecule has 0 bridgehead atoms. The average Bonchev–Trinajstić information content (AvgIpc) is 2.84. The van der Waals surface area contributed by atoms with E-state index in [1.165, 1.54) is 0 Å². The lowest BCUT2D eigenvalue weighted by Gasteiger charge is -2.21. The van der Waals surface area contributed by atoms with Crippen molar-refractivity contribution < 1.29 is 4.74 Å². The summed E-state index contributed by atoms with van der Waals surface area (Å²) in [6, 6.07) is 6.24. The number of nitrogens with one attached hydrogen (secondary N) is 1. The van der Waals surface area contributed by atoms with Gasteiger partial charge in [0.15, 0.2) is 5.75 Å². The first-order valence-corrected chi connectivity index (χ1v) is 6.80. The molecule has 5 heteroatoms. The zero-order valence-electron chi connectivity index (χ0n) is 12.7. The predicted octanol–water partition coefficient (Wildman–Crippen LogP) is 2.48. The largest absolute Gasteiger partial charge is 0.493 e. The van der Waals surface area contributed by atoms with Gasteiger partial charge in [0, 0.05) is 11.7 Å². The minimum atomic E-state index is -0.0465. The Morgan fingerprint density at radius 2 is 2.05 bits per heavy atom. The molecular formula is C15H22N4O. The maximum atomic E-state index is 5.46. The molecular weight excluding hydrogens is 252 g/mol. The molecule has 1 atom stereocenters. The van der Waals surface area contributed by atoms with Crippen molar-refractivity contribution in [2.45, 2.75) is 32.9 Å². The number of methoxy groups -OCH3 is 1. The Morgan fingerprint density at radius 3 is 2.60 bits per heavy atom. The molecule has 0 saturated carbocycles. The van der Waals surface area contributed by atoms with Gasteiger partial charge in [-0.3, -0.25) is 9.67 Å². The van der Waals surface area contributed by atoms with Gasteiger partial charge in [0.2, 0.25) is 0 Å². The molecule has 108 valence electrons. The maximum absolute atomic E-state index is 5.46. The van der Waals surface area contributed by atoms with Crippen LogP contribution >= 0.6 is 0 Å². The molecule has 0 aliphatic rings. The fraction of sp³-hybridized carbons (Fsp3) is 0.467. The molecule has 5 nitrogen and oxygen atoms in total. The molecule has 2 aromatic heterocycles. The van der Waals surface area contributed by atoms with Crippen molar-refractivity contribution in [3.8, 4) is 5.75 Å². The van der Waals surface area contributed by atoms with E-state index < -0.39 is 0 Å². The van der Waals surface area contributed by atoms with Gasteiger partial charge in [-0.2, -0.15) is 5.10 Å². The van der Waals surface area contributed by atoms with Gasteiger partial charge in [-0.15, -0.1) is 0 Å². The van der Waals surface area contributed by atoms with Crippen molar-refractivity contribution >= 4 is 0 Å². The number of aromatic nitrogens is 3. The summed E-state index contributed by atoms with van der Waals surface area (Å²) in [5, 5.41) is 7.74. The number of rotatable bonds is 5. The van der Waals surface area contributed by atoms with E-state index in [0.29, 0.717) is 0 Å². The van der Waals surface area contributed by atoms with E-state index in [-0.39, 0.29) is 12.1 Å². The number of pyridine rings is 1. The van der Waals surface area contributed by atoms with Crippen LogP contribution in [0.15, 0.2) is 24.4 Å². The van der Waals surface area contributed by atoms with Gasteiger partial charge >= 0.3 is 0 Å². The molecule has 0 fully saturated rings. The van der Waals surface area contributed by atoms with Crippen LogP contribution in [0.3, 0.4) is 0 Å². The van der Waals surface area contributed by atoms with E-state index in [1.807, 2.05) is 36.9 Å². The summed E-state index contributed by atoms with van der Waals surface area (Å²) in [6.07, 6.45) is 1.76. The number of ether oxygens (including phenoxy) is 1. The molecule has 0 radical (unpaired) electrons. The van der Waals surface area contributed by atoms with Crippen LogP contribution in [0.25, 0.3) is 0 Å². The predicted molar refractivity (Wildman–Crippen MR) is 79.0 cm³/mol. The molecule has 0 aliphatic carbocycles. The fourth-order valence-electron chi connectivity index (χ4n) is 2.35. The average molecular weight is 274 g/mol. The Hall–Kier alpha value is -1.88. The van der Waals surface area contributed by atoms with E-state index in [4.69, 9.17) is 4.74 Å². The van der Waals surface area contributed by atoms with E-state index >= 15 is 0 Å². The smallest absolute Gasteiger partial charge is 0.162 e. The summed E-state index contributed by atoms with van der Waals surface area (Å²) in [5.41, 5.74) is 2.97. The molecule has 2 heterocycles. The molecule has 1 unspecified atom stereocenters. The SMILES string of the molecule is CNC(c1cccc(C)n1)c1c(OC)cnn1C(C)C. The zero-order valence-corrected chi connectivity index (χ0v) is 12.7. The normalized spacial score (nSPS) is 12.7. The van der Waals surface area contributed by atoms with Crippen molar-refractivity contribution in [2.24, 2.45) is 0 Å². The third kappa shape index (κ3) is 2.67. The van der Waals surface area contributed by atoms with Gasteiger partial charge in [0.1, 0.15) is 5.69 Å². The Bertz CT molecular complexity index is 577. The second kappa shape index (κ2) is 6.05. The first-order chi connectivity index (χ1) is 9.58. The van der Waals surface area contributed by atoms with Crippen LogP contribution in [-0.2, 0) is 0 Å². The molecule has 0 saturated heterocycles. The monoisotopic (exact) mass is 274 g/mol. The van der Waals surface area contributed by atoms with Gasteiger partial charge in [-0.25, -0.2) is 0 Å². The summed E-state index contributed by atoms with van der Waals surface area (Å²) in [7, 11) is 3.59. The van der Waals surface area contributed by atoms with Crippen molar-refractivity contribution in [3.63, 3.8) is 0 Å².